The number of nitrogens with zero attached hydrogens (tertiary/aromatic N) is 2. The molecule has 5 nitrogen and oxygen atoms in total. The zero-order valence-corrected chi connectivity index (χ0v) is 13.3. The third kappa shape index (κ3) is 5.71. The number of rotatable bonds is 6. The molecular weight excluding hydrogens is 317 g/mol. The molecule has 0 unspecified atom stereocenters. The van der Waals surface area contributed by atoms with Crippen molar-refractivity contribution in [1.82, 2.24) is 9.88 Å². The van der Waals surface area contributed by atoms with Gasteiger partial charge in [0.2, 0.25) is 11.8 Å². The van der Waals surface area contributed by atoms with E-state index in [1.54, 1.807) is 19.3 Å². The lowest BCUT2D eigenvalue weighted by molar-refractivity contribution is -0.131. The molecule has 0 spiro atoms. The van der Waals surface area contributed by atoms with Crippen molar-refractivity contribution in [3.63, 3.8) is 0 Å². The van der Waals surface area contributed by atoms with Gasteiger partial charge in [0.1, 0.15) is 5.82 Å². The molecule has 120 valence electrons. The van der Waals surface area contributed by atoms with E-state index in [0.29, 0.717) is 5.69 Å². The number of hydrogen-bond donors (Lipinski definition) is 1. The number of nitrogens with one attached hydrogen (secondary N) is 1. The first kappa shape index (κ1) is 17.0. The number of hydrogen-bond acceptors (Lipinski definition) is 4. The summed E-state index contributed by atoms with van der Waals surface area (Å²) >= 11 is 1.31. The molecule has 2 amide bonds. The Morgan fingerprint density at radius 3 is 2.61 bits per heavy atom. The quantitative estimate of drug-likeness (QED) is 0.825. The average Bonchev–Trinajstić information content (AvgIpc) is 2.55. The van der Waals surface area contributed by atoms with E-state index < -0.39 is 0 Å². The van der Waals surface area contributed by atoms with Gasteiger partial charge in [-0.25, -0.2) is 9.37 Å². The molecule has 1 aromatic carbocycles. The molecule has 0 aliphatic carbocycles. The van der Waals surface area contributed by atoms with Crippen molar-refractivity contribution in [2.75, 3.05) is 24.7 Å². The third-order valence-corrected chi connectivity index (χ3v) is 3.84. The van der Waals surface area contributed by atoms with Gasteiger partial charge in [-0.2, -0.15) is 0 Å². The maximum atomic E-state index is 12.8. The SMILES string of the molecule is CN(CC(=O)Nc1ccc(F)cc1)C(=O)CSc1ccccn1. The minimum atomic E-state index is -0.373. The third-order valence-electron chi connectivity index (χ3n) is 2.92. The number of carbonyl (C=O) groups excluding carboxylic acids is 2. The van der Waals surface area contributed by atoms with Crippen LogP contribution in [0.15, 0.2) is 53.7 Å². The summed E-state index contributed by atoms with van der Waals surface area (Å²) in [5.41, 5.74) is 0.486. The largest absolute Gasteiger partial charge is 0.336 e. The molecule has 0 atom stereocenters. The number of aromatic nitrogens is 1. The molecule has 0 saturated heterocycles. The van der Waals surface area contributed by atoms with Crippen molar-refractivity contribution in [1.29, 1.82) is 0 Å². The van der Waals surface area contributed by atoms with E-state index in [-0.39, 0.29) is 29.9 Å². The molecule has 0 radical (unpaired) electrons. The van der Waals surface area contributed by atoms with Gasteiger partial charge < -0.3 is 10.2 Å². The molecule has 0 bridgehead atoms. The molecule has 0 aliphatic heterocycles. The van der Waals surface area contributed by atoms with Crippen LogP contribution < -0.4 is 5.32 Å². The zero-order chi connectivity index (χ0) is 16.7. The summed E-state index contributed by atoms with van der Waals surface area (Å²) in [5, 5.41) is 3.36. The van der Waals surface area contributed by atoms with Crippen LogP contribution in [0.25, 0.3) is 0 Å². The van der Waals surface area contributed by atoms with Gasteiger partial charge in [-0.3, -0.25) is 9.59 Å². The van der Waals surface area contributed by atoms with E-state index in [4.69, 9.17) is 0 Å². The van der Waals surface area contributed by atoms with Crippen molar-refractivity contribution in [2.45, 2.75) is 5.03 Å². The molecule has 1 N–H and O–H groups in total. The fourth-order valence-electron chi connectivity index (χ4n) is 1.72. The Labute approximate surface area is 137 Å². The number of likely N-dealkylation sites (N-methyl/N-ethyl adjacent to an activating group) is 1. The minimum absolute atomic E-state index is 0.0704. The van der Waals surface area contributed by atoms with Crippen LogP contribution in [0.5, 0.6) is 0 Å². The fraction of sp³-hybridized carbons (Fsp3) is 0.188. The van der Waals surface area contributed by atoms with Gasteiger partial charge in [0, 0.05) is 18.9 Å². The number of pyridine rings is 1. The number of thioether (sulfide) groups is 1. The molecule has 0 aliphatic rings. The maximum Gasteiger partial charge on any atom is 0.243 e. The van der Waals surface area contributed by atoms with Gasteiger partial charge in [-0.1, -0.05) is 17.8 Å². The second-order valence-corrected chi connectivity index (χ2v) is 5.76. The van der Waals surface area contributed by atoms with Gasteiger partial charge in [0.25, 0.3) is 0 Å². The van der Waals surface area contributed by atoms with Gasteiger partial charge in [-0.05, 0) is 36.4 Å². The predicted octanol–water partition coefficient (Wildman–Crippen LogP) is 2.41. The molecule has 23 heavy (non-hydrogen) atoms. The molecule has 7 heteroatoms. The molecule has 1 heterocycles. The topological polar surface area (TPSA) is 62.3 Å². The average molecular weight is 333 g/mol. The highest BCUT2D eigenvalue weighted by atomic mass is 32.2. The summed E-state index contributed by atoms with van der Waals surface area (Å²) in [6, 6.07) is 10.9. The van der Waals surface area contributed by atoms with Gasteiger partial charge in [0.05, 0.1) is 17.3 Å². The Morgan fingerprint density at radius 1 is 1.22 bits per heavy atom. The number of amides is 2. The molecular formula is C16H16FN3O2S. The Hall–Kier alpha value is -2.41. The van der Waals surface area contributed by atoms with Gasteiger partial charge >= 0.3 is 0 Å². The molecule has 0 fully saturated rings. The van der Waals surface area contributed by atoms with Crippen LogP contribution in [0.2, 0.25) is 0 Å². The van der Waals surface area contributed by atoms with E-state index >= 15 is 0 Å². The van der Waals surface area contributed by atoms with Crippen LogP contribution in [0.1, 0.15) is 0 Å². The van der Waals surface area contributed by atoms with Crippen molar-refractivity contribution in [3.05, 3.63) is 54.5 Å². The second-order valence-electron chi connectivity index (χ2n) is 4.76. The monoisotopic (exact) mass is 333 g/mol. The van der Waals surface area contributed by atoms with E-state index in [1.165, 1.54) is 40.9 Å². The summed E-state index contributed by atoms with van der Waals surface area (Å²) < 4.78 is 12.8. The fourth-order valence-corrected chi connectivity index (χ4v) is 2.52. The smallest absolute Gasteiger partial charge is 0.243 e. The van der Waals surface area contributed by atoms with Crippen molar-refractivity contribution >= 4 is 29.3 Å². The standard InChI is InChI=1S/C16H16FN3O2S/c1-20(16(22)11-23-15-4-2-3-9-18-15)10-14(21)19-13-7-5-12(17)6-8-13/h2-9H,10-11H2,1H3,(H,19,21). The van der Waals surface area contributed by atoms with Crippen molar-refractivity contribution in [3.8, 4) is 0 Å². The summed E-state index contributed by atoms with van der Waals surface area (Å²) in [4.78, 5) is 29.3. The number of halogens is 1. The highest BCUT2D eigenvalue weighted by Gasteiger charge is 2.13. The lowest BCUT2D eigenvalue weighted by Crippen LogP contribution is -2.35. The van der Waals surface area contributed by atoms with E-state index in [0.717, 1.165) is 5.03 Å². The van der Waals surface area contributed by atoms with E-state index in [2.05, 4.69) is 10.3 Å². The Kier molecular flexibility index (Phi) is 6.10. The second kappa shape index (κ2) is 8.28. The first-order chi connectivity index (χ1) is 11.0. The normalized spacial score (nSPS) is 10.2. The van der Waals surface area contributed by atoms with E-state index in [9.17, 15) is 14.0 Å². The molecule has 1 aromatic heterocycles. The first-order valence-electron chi connectivity index (χ1n) is 6.88. The lowest BCUT2D eigenvalue weighted by atomic mass is 10.3. The molecule has 2 rings (SSSR count). The summed E-state index contributed by atoms with van der Waals surface area (Å²) in [6.45, 7) is -0.0704. The predicted molar refractivity (Wildman–Crippen MR) is 87.6 cm³/mol. The Balaban J connectivity index is 1.78. The van der Waals surface area contributed by atoms with Crippen LogP contribution >= 0.6 is 11.8 Å². The van der Waals surface area contributed by atoms with Crippen LogP contribution in [0, 0.1) is 5.82 Å². The summed E-state index contributed by atoms with van der Waals surface area (Å²) in [5.74, 6) is -0.677. The van der Waals surface area contributed by atoms with Crippen molar-refractivity contribution < 1.29 is 14.0 Å². The number of anilines is 1. The van der Waals surface area contributed by atoms with E-state index in [1.807, 2.05) is 12.1 Å². The molecule has 2 aromatic rings. The number of carbonyl (C=O) groups is 2. The minimum Gasteiger partial charge on any atom is -0.336 e. The summed E-state index contributed by atoms with van der Waals surface area (Å²) in [6.07, 6.45) is 1.66. The Bertz CT molecular complexity index is 665. The number of benzene rings is 1. The van der Waals surface area contributed by atoms with Crippen LogP contribution in [-0.4, -0.2) is 41.0 Å². The van der Waals surface area contributed by atoms with Crippen LogP contribution in [0.3, 0.4) is 0 Å². The highest BCUT2D eigenvalue weighted by Crippen LogP contribution is 2.14. The molecule has 0 saturated carbocycles. The lowest BCUT2D eigenvalue weighted by Gasteiger charge is -2.16. The van der Waals surface area contributed by atoms with Crippen molar-refractivity contribution in [2.24, 2.45) is 0 Å². The zero-order valence-electron chi connectivity index (χ0n) is 12.5. The maximum absolute atomic E-state index is 12.8. The Morgan fingerprint density at radius 2 is 1.96 bits per heavy atom. The van der Waals surface area contributed by atoms with Gasteiger partial charge in [-0.15, -0.1) is 0 Å². The van der Waals surface area contributed by atoms with Crippen LogP contribution in [-0.2, 0) is 9.59 Å². The summed E-state index contributed by atoms with van der Waals surface area (Å²) in [7, 11) is 1.56. The van der Waals surface area contributed by atoms with Crippen LogP contribution in [0.4, 0.5) is 10.1 Å². The van der Waals surface area contributed by atoms with Gasteiger partial charge in [0.15, 0.2) is 0 Å². The highest BCUT2D eigenvalue weighted by molar-refractivity contribution is 7.99. The first-order valence-corrected chi connectivity index (χ1v) is 7.86.